The van der Waals surface area contributed by atoms with E-state index in [1.54, 1.807) is 0 Å². The maximum Gasteiger partial charge on any atom is 0.323 e. The average Bonchev–Trinajstić information content (AvgIpc) is 2.45. The van der Waals surface area contributed by atoms with Crippen LogP contribution in [0.4, 0.5) is 11.9 Å². The van der Waals surface area contributed by atoms with Crippen LogP contribution in [0.3, 0.4) is 0 Å². The molecular formula is C15H29N5O. The monoisotopic (exact) mass is 295 g/mol. The molecule has 1 aromatic heterocycles. The smallest absolute Gasteiger partial charge is 0.323 e. The number of nitrogens with zero attached hydrogens (tertiary/aromatic N) is 3. The molecule has 0 saturated carbocycles. The molecule has 0 amide bonds. The molecule has 21 heavy (non-hydrogen) atoms. The molecule has 0 fully saturated rings. The van der Waals surface area contributed by atoms with Crippen molar-refractivity contribution >= 4 is 11.9 Å². The fourth-order valence-corrected chi connectivity index (χ4v) is 1.83. The number of aromatic nitrogens is 3. The van der Waals surface area contributed by atoms with Gasteiger partial charge in [-0.3, -0.25) is 0 Å². The van der Waals surface area contributed by atoms with E-state index in [1.807, 2.05) is 13.8 Å². The average molecular weight is 295 g/mol. The Kier molecular flexibility index (Phi) is 7.79. The summed E-state index contributed by atoms with van der Waals surface area (Å²) in [5.41, 5.74) is 0. The van der Waals surface area contributed by atoms with Gasteiger partial charge >= 0.3 is 6.01 Å². The van der Waals surface area contributed by atoms with Gasteiger partial charge in [-0.1, -0.05) is 33.6 Å². The number of nitrogens with one attached hydrogen (secondary N) is 2. The molecule has 120 valence electrons. The van der Waals surface area contributed by atoms with Crippen LogP contribution in [-0.2, 0) is 0 Å². The van der Waals surface area contributed by atoms with Gasteiger partial charge in [0.05, 0.1) is 6.10 Å². The van der Waals surface area contributed by atoms with Crippen molar-refractivity contribution < 1.29 is 4.74 Å². The first-order chi connectivity index (χ1) is 10.1. The second-order valence-corrected chi connectivity index (χ2v) is 5.42. The van der Waals surface area contributed by atoms with Gasteiger partial charge in [0.25, 0.3) is 0 Å². The first kappa shape index (κ1) is 17.5. The van der Waals surface area contributed by atoms with Gasteiger partial charge in [0, 0.05) is 13.1 Å². The summed E-state index contributed by atoms with van der Waals surface area (Å²) in [4.78, 5) is 13.0. The van der Waals surface area contributed by atoms with Crippen LogP contribution in [-0.4, -0.2) is 34.1 Å². The van der Waals surface area contributed by atoms with Gasteiger partial charge in [0.1, 0.15) is 0 Å². The fraction of sp³-hybridized carbons (Fsp3) is 0.800. The van der Waals surface area contributed by atoms with E-state index in [1.165, 1.54) is 0 Å². The Labute approximate surface area is 128 Å². The molecule has 1 rings (SSSR count). The Balaban J connectivity index is 2.79. The van der Waals surface area contributed by atoms with Crippen LogP contribution < -0.4 is 15.4 Å². The maximum absolute atomic E-state index is 5.59. The lowest BCUT2D eigenvalue weighted by Crippen LogP contribution is -2.17. The van der Waals surface area contributed by atoms with Crippen molar-refractivity contribution in [2.45, 2.75) is 60.0 Å². The Morgan fingerprint density at radius 3 is 2.10 bits per heavy atom. The SMILES string of the molecule is CCCNc1nc(NCC(CC)CC)nc(OC(C)C)n1. The van der Waals surface area contributed by atoms with E-state index in [-0.39, 0.29) is 6.10 Å². The Bertz CT molecular complexity index is 407. The van der Waals surface area contributed by atoms with Crippen LogP contribution in [0.1, 0.15) is 53.9 Å². The molecule has 0 aliphatic rings. The first-order valence-corrected chi connectivity index (χ1v) is 7.99. The van der Waals surface area contributed by atoms with Gasteiger partial charge in [0.15, 0.2) is 0 Å². The predicted molar refractivity (Wildman–Crippen MR) is 86.9 cm³/mol. The van der Waals surface area contributed by atoms with E-state index in [0.717, 1.165) is 32.4 Å². The number of hydrogen-bond acceptors (Lipinski definition) is 6. The zero-order valence-corrected chi connectivity index (χ0v) is 13.9. The van der Waals surface area contributed by atoms with E-state index >= 15 is 0 Å². The van der Waals surface area contributed by atoms with Gasteiger partial charge in [-0.2, -0.15) is 15.0 Å². The minimum atomic E-state index is 0.0401. The van der Waals surface area contributed by atoms with E-state index in [0.29, 0.717) is 23.8 Å². The molecule has 0 aliphatic carbocycles. The largest absolute Gasteiger partial charge is 0.461 e. The highest BCUT2D eigenvalue weighted by molar-refractivity contribution is 5.35. The number of rotatable bonds is 10. The van der Waals surface area contributed by atoms with Crippen molar-refractivity contribution in [2.75, 3.05) is 23.7 Å². The highest BCUT2D eigenvalue weighted by Crippen LogP contribution is 2.14. The molecule has 0 aromatic carbocycles. The minimum Gasteiger partial charge on any atom is -0.461 e. The molecule has 0 radical (unpaired) electrons. The second-order valence-electron chi connectivity index (χ2n) is 5.42. The van der Waals surface area contributed by atoms with E-state index in [2.05, 4.69) is 46.4 Å². The fourth-order valence-electron chi connectivity index (χ4n) is 1.83. The van der Waals surface area contributed by atoms with Crippen molar-refractivity contribution in [1.29, 1.82) is 0 Å². The third-order valence-corrected chi connectivity index (χ3v) is 3.19. The van der Waals surface area contributed by atoms with Crippen molar-refractivity contribution in [2.24, 2.45) is 5.92 Å². The molecular weight excluding hydrogens is 266 g/mol. The summed E-state index contributed by atoms with van der Waals surface area (Å²) < 4.78 is 5.59. The van der Waals surface area contributed by atoms with Gasteiger partial charge in [-0.15, -0.1) is 0 Å². The van der Waals surface area contributed by atoms with Crippen LogP contribution in [0.15, 0.2) is 0 Å². The summed E-state index contributed by atoms with van der Waals surface area (Å²) >= 11 is 0. The highest BCUT2D eigenvalue weighted by Gasteiger charge is 2.10. The normalized spacial score (nSPS) is 11.0. The minimum absolute atomic E-state index is 0.0401. The molecule has 0 spiro atoms. The molecule has 1 heterocycles. The van der Waals surface area contributed by atoms with Crippen LogP contribution >= 0.6 is 0 Å². The lowest BCUT2D eigenvalue weighted by Gasteiger charge is -2.15. The summed E-state index contributed by atoms with van der Waals surface area (Å²) in [6.45, 7) is 12.1. The summed E-state index contributed by atoms with van der Waals surface area (Å²) in [6.07, 6.45) is 3.34. The molecule has 0 unspecified atom stereocenters. The molecule has 2 N–H and O–H groups in total. The molecule has 0 atom stereocenters. The van der Waals surface area contributed by atoms with Crippen LogP contribution in [0.5, 0.6) is 6.01 Å². The van der Waals surface area contributed by atoms with Gasteiger partial charge in [-0.05, 0) is 26.2 Å². The number of hydrogen-bond donors (Lipinski definition) is 2. The molecule has 0 saturated heterocycles. The van der Waals surface area contributed by atoms with Crippen LogP contribution in [0, 0.1) is 5.92 Å². The molecule has 0 aliphatic heterocycles. The topological polar surface area (TPSA) is 72.0 Å². The maximum atomic E-state index is 5.59. The Morgan fingerprint density at radius 2 is 1.57 bits per heavy atom. The summed E-state index contributed by atoms with van der Waals surface area (Å²) in [6, 6.07) is 0.366. The van der Waals surface area contributed by atoms with Crippen molar-refractivity contribution in [1.82, 2.24) is 15.0 Å². The summed E-state index contributed by atoms with van der Waals surface area (Å²) in [5.74, 6) is 1.77. The highest BCUT2D eigenvalue weighted by atomic mass is 16.5. The summed E-state index contributed by atoms with van der Waals surface area (Å²) in [7, 11) is 0. The number of ether oxygens (including phenoxy) is 1. The van der Waals surface area contributed by atoms with Crippen LogP contribution in [0.25, 0.3) is 0 Å². The molecule has 0 bridgehead atoms. The van der Waals surface area contributed by atoms with E-state index in [4.69, 9.17) is 4.74 Å². The molecule has 1 aromatic rings. The molecule has 6 heteroatoms. The standard InChI is InChI=1S/C15H29N5O/c1-6-9-16-13-18-14(17-10-12(7-2)8-3)20-15(19-13)21-11(4)5/h11-12H,6-10H2,1-5H3,(H2,16,17,18,19,20). The number of anilines is 2. The Morgan fingerprint density at radius 1 is 0.952 bits per heavy atom. The zero-order chi connectivity index (χ0) is 15.7. The first-order valence-electron chi connectivity index (χ1n) is 7.99. The van der Waals surface area contributed by atoms with Gasteiger partial charge < -0.3 is 15.4 Å². The zero-order valence-electron chi connectivity index (χ0n) is 13.9. The van der Waals surface area contributed by atoms with E-state index < -0.39 is 0 Å². The lowest BCUT2D eigenvalue weighted by molar-refractivity contribution is 0.222. The lowest BCUT2D eigenvalue weighted by atomic mass is 10.0. The third kappa shape index (κ3) is 6.60. The van der Waals surface area contributed by atoms with Gasteiger partial charge in [-0.25, -0.2) is 0 Å². The van der Waals surface area contributed by atoms with Crippen LogP contribution in [0.2, 0.25) is 0 Å². The van der Waals surface area contributed by atoms with Gasteiger partial charge in [0.2, 0.25) is 11.9 Å². The summed E-state index contributed by atoms with van der Waals surface area (Å²) in [5, 5.41) is 6.48. The van der Waals surface area contributed by atoms with Crippen molar-refractivity contribution in [3.05, 3.63) is 0 Å². The quantitative estimate of drug-likeness (QED) is 0.690. The second kappa shape index (κ2) is 9.37. The van der Waals surface area contributed by atoms with E-state index in [9.17, 15) is 0 Å². The van der Waals surface area contributed by atoms with Crippen molar-refractivity contribution in [3.8, 4) is 6.01 Å². The third-order valence-electron chi connectivity index (χ3n) is 3.19. The van der Waals surface area contributed by atoms with Crippen molar-refractivity contribution in [3.63, 3.8) is 0 Å². The predicted octanol–water partition coefficient (Wildman–Crippen LogP) is 3.33. The Hall–Kier alpha value is -1.59. The molecule has 6 nitrogen and oxygen atoms in total.